The highest BCUT2D eigenvalue weighted by molar-refractivity contribution is 4.93. The minimum absolute atomic E-state index is 0.308. The minimum Gasteiger partial charge on any atom is -0.330 e. The summed E-state index contributed by atoms with van der Waals surface area (Å²) in [6.07, 6.45) is 7.21. The van der Waals surface area contributed by atoms with Gasteiger partial charge in [-0.25, -0.2) is 0 Å². The monoisotopic (exact) mass is 228 g/mol. The second-order valence-corrected chi connectivity index (χ2v) is 4.88. The Kier molecular flexibility index (Phi) is 6.96. The van der Waals surface area contributed by atoms with Crippen LogP contribution in [0, 0.1) is 0 Å². The van der Waals surface area contributed by atoms with Crippen molar-refractivity contribution in [2.45, 2.75) is 44.1 Å². The van der Waals surface area contributed by atoms with E-state index in [0.29, 0.717) is 5.54 Å². The standard InChI is InChI=1S/C12H28N4/c13-7-3-1-5-12(6-2-4-8-14)11-15-9-10-16-12/h15-16H,1-11,13-14H2. The predicted octanol–water partition coefficient (Wildman–Crippen LogP) is 0.176. The molecule has 0 amide bonds. The highest BCUT2D eigenvalue weighted by atomic mass is 15.1. The Hall–Kier alpha value is -0.160. The molecule has 1 aliphatic rings. The van der Waals surface area contributed by atoms with Crippen LogP contribution in [0.15, 0.2) is 0 Å². The van der Waals surface area contributed by atoms with E-state index in [4.69, 9.17) is 11.5 Å². The third kappa shape index (κ3) is 4.78. The van der Waals surface area contributed by atoms with Gasteiger partial charge in [0, 0.05) is 25.2 Å². The van der Waals surface area contributed by atoms with E-state index in [0.717, 1.165) is 45.6 Å². The van der Waals surface area contributed by atoms with Crippen molar-refractivity contribution in [1.82, 2.24) is 10.6 Å². The quantitative estimate of drug-likeness (QED) is 0.447. The smallest absolute Gasteiger partial charge is 0.0306 e. The lowest BCUT2D eigenvalue weighted by Crippen LogP contribution is -2.59. The molecule has 1 aliphatic heterocycles. The van der Waals surface area contributed by atoms with Crippen molar-refractivity contribution in [1.29, 1.82) is 0 Å². The van der Waals surface area contributed by atoms with E-state index >= 15 is 0 Å². The van der Waals surface area contributed by atoms with Crippen molar-refractivity contribution in [2.24, 2.45) is 11.5 Å². The average molecular weight is 228 g/mol. The molecule has 1 rings (SSSR count). The van der Waals surface area contributed by atoms with E-state index in [1.165, 1.54) is 25.7 Å². The second kappa shape index (κ2) is 8.01. The van der Waals surface area contributed by atoms with Gasteiger partial charge in [-0.05, 0) is 38.8 Å². The van der Waals surface area contributed by atoms with Crippen LogP contribution in [-0.4, -0.2) is 38.3 Å². The number of nitrogens with one attached hydrogen (secondary N) is 2. The minimum atomic E-state index is 0.308. The molecule has 0 spiro atoms. The van der Waals surface area contributed by atoms with E-state index in [1.54, 1.807) is 0 Å². The molecule has 16 heavy (non-hydrogen) atoms. The molecule has 1 fully saturated rings. The Morgan fingerprint density at radius 1 is 0.875 bits per heavy atom. The van der Waals surface area contributed by atoms with Crippen molar-refractivity contribution in [3.63, 3.8) is 0 Å². The largest absolute Gasteiger partial charge is 0.330 e. The zero-order valence-electron chi connectivity index (χ0n) is 10.4. The Bertz CT molecular complexity index is 154. The van der Waals surface area contributed by atoms with Crippen molar-refractivity contribution in [3.8, 4) is 0 Å². The number of hydrogen-bond donors (Lipinski definition) is 4. The van der Waals surface area contributed by atoms with Crippen molar-refractivity contribution in [2.75, 3.05) is 32.7 Å². The molecule has 4 heteroatoms. The third-order valence-corrected chi connectivity index (χ3v) is 3.48. The summed E-state index contributed by atoms with van der Waals surface area (Å²) in [7, 11) is 0. The molecule has 0 atom stereocenters. The molecule has 0 aromatic heterocycles. The zero-order chi connectivity index (χ0) is 11.7. The van der Waals surface area contributed by atoms with Crippen LogP contribution in [-0.2, 0) is 0 Å². The van der Waals surface area contributed by atoms with E-state index in [2.05, 4.69) is 10.6 Å². The van der Waals surface area contributed by atoms with Crippen LogP contribution in [0.2, 0.25) is 0 Å². The van der Waals surface area contributed by atoms with Gasteiger partial charge in [0.1, 0.15) is 0 Å². The predicted molar refractivity (Wildman–Crippen MR) is 69.4 cm³/mol. The molecule has 6 N–H and O–H groups in total. The van der Waals surface area contributed by atoms with Gasteiger partial charge in [-0.1, -0.05) is 12.8 Å². The molecule has 0 radical (unpaired) electrons. The molecule has 1 heterocycles. The maximum atomic E-state index is 5.56. The molecule has 0 saturated carbocycles. The van der Waals surface area contributed by atoms with Crippen LogP contribution >= 0.6 is 0 Å². The van der Waals surface area contributed by atoms with E-state index in [1.807, 2.05) is 0 Å². The molecule has 4 nitrogen and oxygen atoms in total. The summed E-state index contributed by atoms with van der Waals surface area (Å²) in [5.74, 6) is 0. The zero-order valence-corrected chi connectivity index (χ0v) is 10.4. The van der Waals surface area contributed by atoms with E-state index in [9.17, 15) is 0 Å². The molecule has 0 aromatic carbocycles. The van der Waals surface area contributed by atoms with Gasteiger partial charge in [-0.2, -0.15) is 0 Å². The fraction of sp³-hybridized carbons (Fsp3) is 1.00. The van der Waals surface area contributed by atoms with Crippen LogP contribution in [0.3, 0.4) is 0 Å². The number of hydrogen-bond acceptors (Lipinski definition) is 4. The Balaban J connectivity index is 2.33. The van der Waals surface area contributed by atoms with Gasteiger partial charge >= 0.3 is 0 Å². The average Bonchev–Trinajstić information content (AvgIpc) is 2.31. The lowest BCUT2D eigenvalue weighted by Gasteiger charge is -2.39. The summed E-state index contributed by atoms with van der Waals surface area (Å²) < 4.78 is 0. The molecule has 1 saturated heterocycles. The van der Waals surface area contributed by atoms with Gasteiger partial charge in [-0.15, -0.1) is 0 Å². The molecule has 0 aromatic rings. The van der Waals surface area contributed by atoms with Gasteiger partial charge in [0.05, 0.1) is 0 Å². The number of unbranched alkanes of at least 4 members (excludes halogenated alkanes) is 2. The lowest BCUT2D eigenvalue weighted by molar-refractivity contribution is 0.226. The van der Waals surface area contributed by atoms with E-state index < -0.39 is 0 Å². The Morgan fingerprint density at radius 3 is 1.94 bits per heavy atom. The first kappa shape index (κ1) is 13.9. The normalized spacial score (nSPS) is 19.9. The molecule has 0 aliphatic carbocycles. The molecule has 0 unspecified atom stereocenters. The summed E-state index contributed by atoms with van der Waals surface area (Å²) >= 11 is 0. The van der Waals surface area contributed by atoms with E-state index in [-0.39, 0.29) is 0 Å². The fourth-order valence-electron chi connectivity index (χ4n) is 2.50. The van der Waals surface area contributed by atoms with Gasteiger partial charge in [0.25, 0.3) is 0 Å². The third-order valence-electron chi connectivity index (χ3n) is 3.48. The van der Waals surface area contributed by atoms with Crippen LogP contribution in [0.25, 0.3) is 0 Å². The highest BCUT2D eigenvalue weighted by Gasteiger charge is 2.29. The van der Waals surface area contributed by atoms with Gasteiger partial charge in [0.15, 0.2) is 0 Å². The molecular weight excluding hydrogens is 200 g/mol. The summed E-state index contributed by atoms with van der Waals surface area (Å²) in [4.78, 5) is 0. The summed E-state index contributed by atoms with van der Waals surface area (Å²) in [6.45, 7) is 4.90. The summed E-state index contributed by atoms with van der Waals surface area (Å²) in [6, 6.07) is 0. The Morgan fingerprint density at radius 2 is 1.50 bits per heavy atom. The molecular formula is C12H28N4. The maximum Gasteiger partial charge on any atom is 0.0306 e. The molecule has 96 valence electrons. The van der Waals surface area contributed by atoms with Gasteiger partial charge < -0.3 is 22.1 Å². The number of nitrogens with two attached hydrogens (primary N) is 2. The topological polar surface area (TPSA) is 76.1 Å². The second-order valence-electron chi connectivity index (χ2n) is 4.88. The van der Waals surface area contributed by atoms with Crippen LogP contribution in [0.1, 0.15) is 38.5 Å². The van der Waals surface area contributed by atoms with Crippen molar-refractivity contribution >= 4 is 0 Å². The highest BCUT2D eigenvalue weighted by Crippen LogP contribution is 2.22. The Labute approximate surface area is 99.5 Å². The SMILES string of the molecule is NCCCCC1(CCCCN)CNCCN1. The van der Waals surface area contributed by atoms with Gasteiger partial charge in [0.2, 0.25) is 0 Å². The fourth-order valence-corrected chi connectivity index (χ4v) is 2.50. The van der Waals surface area contributed by atoms with Crippen LogP contribution < -0.4 is 22.1 Å². The maximum absolute atomic E-state index is 5.56. The summed E-state index contributed by atoms with van der Waals surface area (Å²) in [5.41, 5.74) is 11.4. The summed E-state index contributed by atoms with van der Waals surface area (Å²) in [5, 5.41) is 7.21. The number of rotatable bonds is 8. The first-order chi connectivity index (χ1) is 7.83. The lowest BCUT2D eigenvalue weighted by atomic mass is 9.85. The van der Waals surface area contributed by atoms with Crippen molar-refractivity contribution < 1.29 is 0 Å². The first-order valence-electron chi connectivity index (χ1n) is 6.69. The number of piperazine rings is 1. The first-order valence-corrected chi connectivity index (χ1v) is 6.69. The van der Waals surface area contributed by atoms with Crippen LogP contribution in [0.4, 0.5) is 0 Å². The van der Waals surface area contributed by atoms with Gasteiger partial charge in [-0.3, -0.25) is 0 Å². The van der Waals surface area contributed by atoms with Crippen molar-refractivity contribution in [3.05, 3.63) is 0 Å². The van der Waals surface area contributed by atoms with Crippen LogP contribution in [0.5, 0.6) is 0 Å². The molecule has 0 bridgehead atoms.